The van der Waals surface area contributed by atoms with E-state index in [-0.39, 0.29) is 29.9 Å². The largest absolute Gasteiger partial charge is 0.469 e. The first-order valence-corrected chi connectivity index (χ1v) is 18.3. The number of aromatic amines is 1. The van der Waals surface area contributed by atoms with Crippen molar-refractivity contribution in [1.82, 2.24) is 25.6 Å². The van der Waals surface area contributed by atoms with E-state index < -0.39 is 35.7 Å². The summed E-state index contributed by atoms with van der Waals surface area (Å²) in [5.41, 5.74) is 6.90. The number of nitrogens with one attached hydrogen (secondary N) is 4. The smallest absolute Gasteiger partial charge is 0.249 e. The first-order valence-electron chi connectivity index (χ1n) is 18.3. The summed E-state index contributed by atoms with van der Waals surface area (Å²) in [5, 5.41) is 21.3. The summed E-state index contributed by atoms with van der Waals surface area (Å²) in [4.78, 5) is 41.3. The number of carbonyl (C=O) groups is 2. The lowest BCUT2D eigenvalue weighted by Crippen LogP contribution is -2.41. The van der Waals surface area contributed by atoms with Crippen molar-refractivity contribution < 1.29 is 28.3 Å². The van der Waals surface area contributed by atoms with Crippen molar-refractivity contribution in [3.05, 3.63) is 95.3 Å². The van der Waals surface area contributed by atoms with Gasteiger partial charge in [-0.2, -0.15) is 0 Å². The van der Waals surface area contributed by atoms with E-state index >= 15 is 0 Å². The molecule has 53 heavy (non-hydrogen) atoms. The van der Waals surface area contributed by atoms with Crippen LogP contribution in [0.25, 0.3) is 44.9 Å². The molecule has 12 heteroatoms. The van der Waals surface area contributed by atoms with Crippen LogP contribution < -0.4 is 20.7 Å². The van der Waals surface area contributed by atoms with Gasteiger partial charge in [0.15, 0.2) is 29.2 Å². The Morgan fingerprint density at radius 1 is 1.04 bits per heavy atom. The normalized spacial score (nSPS) is 26.0. The standard InChI is InChI=1S/C41H36N6O6/c1-18(2)33-39-46-35-36(53-39)41-25-7-3-6-23(22-5-4-8-27-32(22)24(16-43-27)31-17-44-38(35)51-31)34(25)47-40(41)52-30-10-9-19(12-26(30)41)11-20(37(50)45-33)13-29(49)28-14-21(48)15-42-28/h3-10,12,16-18,20-21,28,33,40,42-43,47-48H,11,13-15H2,1-2H3,(H,45,50). The van der Waals surface area contributed by atoms with Gasteiger partial charge in [0, 0.05) is 63.9 Å². The Balaban J connectivity index is 1.18. The zero-order chi connectivity index (χ0) is 35.7. The van der Waals surface area contributed by atoms with Gasteiger partial charge in [-0.3, -0.25) is 9.59 Å². The number of rotatable bonds is 4. The van der Waals surface area contributed by atoms with Crippen molar-refractivity contribution in [1.29, 1.82) is 0 Å². The molecule has 5 aliphatic rings. The van der Waals surface area contributed by atoms with E-state index in [0.29, 0.717) is 48.2 Å². The van der Waals surface area contributed by atoms with Crippen molar-refractivity contribution >= 4 is 28.3 Å². The van der Waals surface area contributed by atoms with Crippen LogP contribution in [0.15, 0.2) is 75.8 Å². The number of para-hydroxylation sites is 1. The number of ether oxygens (including phenoxy) is 1. The van der Waals surface area contributed by atoms with Crippen molar-refractivity contribution in [3.8, 4) is 39.8 Å². The average molecular weight is 709 g/mol. The van der Waals surface area contributed by atoms with Crippen LogP contribution in [0.5, 0.6) is 5.75 Å². The number of anilines is 1. The number of oxazole rings is 2. The van der Waals surface area contributed by atoms with Crippen molar-refractivity contribution in [2.75, 3.05) is 11.9 Å². The van der Waals surface area contributed by atoms with E-state index in [4.69, 9.17) is 23.5 Å². The van der Waals surface area contributed by atoms with Crippen LogP contribution in [-0.4, -0.2) is 56.7 Å². The molecular weight excluding hydrogens is 672 g/mol. The molecule has 10 bridgehead atoms. The lowest BCUT2D eigenvalue weighted by atomic mass is 9.72. The fraction of sp³-hybridized carbons (Fsp3) is 0.317. The molecule has 1 saturated heterocycles. The Morgan fingerprint density at radius 3 is 2.75 bits per heavy atom. The summed E-state index contributed by atoms with van der Waals surface area (Å²) in [7, 11) is 0. The Labute approximate surface area is 303 Å². The fourth-order valence-electron chi connectivity index (χ4n) is 9.32. The number of aromatic nitrogens is 3. The van der Waals surface area contributed by atoms with Gasteiger partial charge in [0.25, 0.3) is 0 Å². The molecule has 5 aliphatic heterocycles. The number of nitrogens with zero attached hydrogens (tertiary/aromatic N) is 2. The van der Waals surface area contributed by atoms with E-state index in [1.165, 1.54) is 0 Å². The van der Waals surface area contributed by atoms with E-state index in [9.17, 15) is 14.7 Å². The molecule has 1 amide bonds. The number of benzene rings is 3. The highest BCUT2D eigenvalue weighted by Crippen LogP contribution is 2.61. The SMILES string of the molecule is CC(C)C1NC(=O)C(CC(=O)C2CC(O)CN2)Cc2ccc3c(c2)C24c5cccc(c5NC2O3)-c2cccc3[nH]cc(c23)-c2cnc(o2)-c2nc1oc24. The molecule has 1 fully saturated rings. The lowest BCUT2D eigenvalue weighted by Gasteiger charge is -2.28. The van der Waals surface area contributed by atoms with Gasteiger partial charge in [0.05, 0.1) is 18.3 Å². The number of H-pyrrole nitrogens is 1. The Morgan fingerprint density at radius 2 is 1.91 bits per heavy atom. The second-order valence-corrected chi connectivity index (χ2v) is 15.4. The van der Waals surface area contributed by atoms with Gasteiger partial charge < -0.3 is 39.6 Å². The van der Waals surface area contributed by atoms with Crippen LogP contribution in [0.3, 0.4) is 0 Å². The maximum Gasteiger partial charge on any atom is 0.249 e. The summed E-state index contributed by atoms with van der Waals surface area (Å²) in [6, 6.07) is 17.4. The Hall–Kier alpha value is -5.72. The number of hydrogen-bond donors (Lipinski definition) is 5. The molecule has 1 spiro atoms. The Bertz CT molecular complexity index is 2530. The van der Waals surface area contributed by atoms with Crippen LogP contribution in [0.2, 0.25) is 0 Å². The third-order valence-electron chi connectivity index (χ3n) is 11.9. The third-order valence-corrected chi connectivity index (χ3v) is 11.9. The molecule has 3 aromatic heterocycles. The van der Waals surface area contributed by atoms with Gasteiger partial charge in [-0.1, -0.05) is 56.3 Å². The summed E-state index contributed by atoms with van der Waals surface area (Å²) >= 11 is 0. The molecule has 6 aromatic rings. The fourth-order valence-corrected chi connectivity index (χ4v) is 9.32. The van der Waals surface area contributed by atoms with E-state index in [1.807, 2.05) is 38.2 Å². The highest BCUT2D eigenvalue weighted by atomic mass is 16.5. The Kier molecular flexibility index (Phi) is 6.35. The average Bonchev–Trinajstić information content (AvgIpc) is 3.99. The molecule has 12 nitrogen and oxygen atoms in total. The van der Waals surface area contributed by atoms with Gasteiger partial charge in [0.2, 0.25) is 17.7 Å². The third kappa shape index (κ3) is 4.24. The number of hydrogen-bond acceptors (Lipinski definition) is 10. The molecule has 0 saturated carbocycles. The van der Waals surface area contributed by atoms with Crippen LogP contribution in [0, 0.1) is 11.8 Å². The summed E-state index contributed by atoms with van der Waals surface area (Å²) in [5.74, 6) is 1.21. The number of β-amino-alcohol motifs (C(OH)–C–C–N with tert-alkyl or cyclic N) is 1. The molecule has 3 aromatic carbocycles. The molecule has 0 aliphatic carbocycles. The second-order valence-electron chi connectivity index (χ2n) is 15.4. The number of fused-ring (bicyclic) bond motifs is 7. The van der Waals surface area contributed by atoms with Crippen molar-refractivity contribution in [3.63, 3.8) is 0 Å². The number of aliphatic hydroxyl groups is 1. The quantitative estimate of drug-likeness (QED) is 0.155. The summed E-state index contributed by atoms with van der Waals surface area (Å²) in [6.45, 7) is 4.36. The van der Waals surface area contributed by atoms with Crippen molar-refractivity contribution in [2.24, 2.45) is 11.8 Å². The number of aliphatic hydroxyl groups excluding tert-OH is 1. The van der Waals surface area contributed by atoms with Gasteiger partial charge in [-0.05, 0) is 42.0 Å². The number of amides is 1. The minimum absolute atomic E-state index is 0.0173. The molecule has 11 rings (SSSR count). The van der Waals surface area contributed by atoms with Gasteiger partial charge in [-0.15, -0.1) is 0 Å². The molecule has 8 heterocycles. The zero-order valence-electron chi connectivity index (χ0n) is 29.0. The molecule has 0 radical (unpaired) electrons. The van der Waals surface area contributed by atoms with E-state index in [1.54, 1.807) is 6.20 Å². The van der Waals surface area contributed by atoms with Crippen LogP contribution in [0.4, 0.5) is 5.69 Å². The van der Waals surface area contributed by atoms with Gasteiger partial charge in [-0.25, -0.2) is 9.97 Å². The highest BCUT2D eigenvalue weighted by Gasteiger charge is 2.61. The predicted molar refractivity (Wildman–Crippen MR) is 194 cm³/mol. The minimum atomic E-state index is -1.03. The maximum absolute atomic E-state index is 14.3. The monoisotopic (exact) mass is 708 g/mol. The molecule has 5 N–H and O–H groups in total. The second kappa shape index (κ2) is 10.9. The highest BCUT2D eigenvalue weighted by molar-refractivity contribution is 6.07. The summed E-state index contributed by atoms with van der Waals surface area (Å²) in [6.07, 6.45) is 3.15. The number of Topliss-reactive ketones (excluding diaryl/α,β-unsaturated/α-hetero) is 1. The summed E-state index contributed by atoms with van der Waals surface area (Å²) < 4.78 is 20.5. The lowest BCUT2D eigenvalue weighted by molar-refractivity contribution is -0.131. The number of carbonyl (C=O) groups excluding carboxylic acids is 2. The van der Waals surface area contributed by atoms with Gasteiger partial charge in [0.1, 0.15) is 17.2 Å². The maximum atomic E-state index is 14.3. The van der Waals surface area contributed by atoms with E-state index in [2.05, 4.69) is 57.3 Å². The van der Waals surface area contributed by atoms with Crippen molar-refractivity contribution in [2.45, 2.75) is 62.9 Å². The minimum Gasteiger partial charge on any atom is -0.469 e. The number of ketones is 1. The van der Waals surface area contributed by atoms with Gasteiger partial charge >= 0.3 is 0 Å². The predicted octanol–water partition coefficient (Wildman–Crippen LogP) is 5.60. The first-order chi connectivity index (χ1) is 25.8. The topological polar surface area (TPSA) is 168 Å². The van der Waals surface area contributed by atoms with Crippen LogP contribution in [0.1, 0.15) is 61.1 Å². The molecule has 6 unspecified atom stereocenters. The zero-order valence-corrected chi connectivity index (χ0v) is 29.0. The molecule has 6 atom stereocenters. The van der Waals surface area contributed by atoms with E-state index in [0.717, 1.165) is 50.0 Å². The van der Waals surface area contributed by atoms with Crippen LogP contribution >= 0.6 is 0 Å². The first kappa shape index (κ1) is 30.9. The van der Waals surface area contributed by atoms with Crippen LogP contribution in [-0.2, 0) is 21.4 Å². The molecular formula is C41H36N6O6. The molecule has 266 valence electrons.